The van der Waals surface area contributed by atoms with Crippen molar-refractivity contribution in [3.05, 3.63) is 57.3 Å². The van der Waals surface area contributed by atoms with Crippen molar-refractivity contribution in [3.8, 4) is 5.69 Å². The zero-order chi connectivity index (χ0) is 17.1. The molecule has 0 aliphatic heterocycles. The van der Waals surface area contributed by atoms with Crippen molar-refractivity contribution in [2.45, 2.75) is 20.0 Å². The van der Waals surface area contributed by atoms with E-state index in [-0.39, 0.29) is 5.91 Å². The van der Waals surface area contributed by atoms with Crippen LogP contribution in [0.15, 0.2) is 41.1 Å². The lowest BCUT2D eigenvalue weighted by Gasteiger charge is -2.07. The molecule has 7 nitrogen and oxygen atoms in total. The molecule has 0 saturated heterocycles. The molecule has 1 aromatic carbocycles. The molecule has 3 aromatic rings. The first-order valence-corrected chi connectivity index (χ1v) is 8.51. The molecule has 0 aliphatic rings. The van der Waals surface area contributed by atoms with Gasteiger partial charge in [-0.2, -0.15) is 10.2 Å². The first kappa shape index (κ1) is 16.6. The number of nitrogens with one attached hydrogen (secondary N) is 2. The van der Waals surface area contributed by atoms with Crippen LogP contribution in [0, 0.1) is 4.77 Å². The topological polar surface area (TPSA) is 80.5 Å². The smallest absolute Gasteiger partial charge is 0.251 e. The van der Waals surface area contributed by atoms with Crippen LogP contribution < -0.4 is 5.32 Å². The lowest BCUT2D eigenvalue weighted by atomic mass is 10.2. The van der Waals surface area contributed by atoms with E-state index in [1.54, 1.807) is 23.0 Å². The second kappa shape index (κ2) is 7.10. The molecule has 124 valence electrons. The third-order valence-corrected chi connectivity index (χ3v) is 4.23. The molecule has 2 N–H and O–H groups in total. The summed E-state index contributed by atoms with van der Waals surface area (Å²) in [5.74, 6) is 0.536. The van der Waals surface area contributed by atoms with Gasteiger partial charge in [-0.15, -0.1) is 0 Å². The number of benzene rings is 1. The van der Waals surface area contributed by atoms with Crippen LogP contribution in [-0.2, 0) is 13.1 Å². The number of hydrogen-bond acceptors (Lipinski definition) is 4. The summed E-state index contributed by atoms with van der Waals surface area (Å²) in [6.45, 7) is 2.99. The number of nitrogens with zero attached hydrogens (tertiary/aromatic N) is 4. The van der Waals surface area contributed by atoms with Crippen LogP contribution in [0.25, 0.3) is 5.69 Å². The summed E-state index contributed by atoms with van der Waals surface area (Å²) in [5, 5.41) is 13.9. The van der Waals surface area contributed by atoms with Crippen molar-refractivity contribution < 1.29 is 4.79 Å². The largest absolute Gasteiger partial charge is 0.345 e. The van der Waals surface area contributed by atoms with Crippen molar-refractivity contribution in [2.24, 2.45) is 0 Å². The van der Waals surface area contributed by atoms with E-state index in [4.69, 9.17) is 12.2 Å². The normalized spacial score (nSPS) is 10.8. The van der Waals surface area contributed by atoms with Crippen molar-refractivity contribution in [1.82, 2.24) is 29.9 Å². The monoisotopic (exact) mass is 406 g/mol. The number of carbonyl (C=O) groups excluding carboxylic acids is 1. The van der Waals surface area contributed by atoms with Gasteiger partial charge < -0.3 is 9.88 Å². The van der Waals surface area contributed by atoms with Crippen molar-refractivity contribution in [2.75, 3.05) is 0 Å². The third kappa shape index (κ3) is 3.46. The molecule has 0 aliphatic carbocycles. The van der Waals surface area contributed by atoms with Gasteiger partial charge in [0.2, 0.25) is 0 Å². The zero-order valence-electron chi connectivity index (χ0n) is 12.9. The van der Waals surface area contributed by atoms with Gasteiger partial charge in [-0.3, -0.25) is 9.89 Å². The predicted molar refractivity (Wildman–Crippen MR) is 95.5 cm³/mol. The first-order valence-electron chi connectivity index (χ1n) is 7.31. The van der Waals surface area contributed by atoms with Crippen molar-refractivity contribution in [1.29, 1.82) is 0 Å². The zero-order valence-corrected chi connectivity index (χ0v) is 15.3. The molecule has 3 rings (SSSR count). The van der Waals surface area contributed by atoms with E-state index in [9.17, 15) is 4.79 Å². The highest BCUT2D eigenvalue weighted by molar-refractivity contribution is 9.10. The van der Waals surface area contributed by atoms with E-state index in [0.29, 0.717) is 29.2 Å². The summed E-state index contributed by atoms with van der Waals surface area (Å²) in [6.07, 6.45) is 3.56. The summed E-state index contributed by atoms with van der Waals surface area (Å²) >= 11 is 8.49. The van der Waals surface area contributed by atoms with Gasteiger partial charge in [-0.1, -0.05) is 0 Å². The van der Waals surface area contributed by atoms with E-state index in [1.807, 2.05) is 29.8 Å². The molecule has 0 unspecified atom stereocenters. The lowest BCUT2D eigenvalue weighted by molar-refractivity contribution is 0.0949. The van der Waals surface area contributed by atoms with Crippen LogP contribution in [0.5, 0.6) is 0 Å². The third-order valence-electron chi connectivity index (χ3n) is 3.51. The fourth-order valence-corrected chi connectivity index (χ4v) is 2.85. The SMILES string of the molecule is CCn1c(CNC(=O)c2ccc(-n3cc(Br)cn3)cc2)n[nH]c1=S. The van der Waals surface area contributed by atoms with E-state index < -0.39 is 0 Å². The Morgan fingerprint density at radius 1 is 1.38 bits per heavy atom. The molecule has 0 atom stereocenters. The highest BCUT2D eigenvalue weighted by Crippen LogP contribution is 2.13. The lowest BCUT2D eigenvalue weighted by Crippen LogP contribution is -2.24. The number of aromatic nitrogens is 5. The van der Waals surface area contributed by atoms with Gasteiger partial charge in [0.25, 0.3) is 5.91 Å². The number of aromatic amines is 1. The minimum absolute atomic E-state index is 0.167. The standard InChI is InChI=1S/C15H15BrN6OS/c1-2-21-13(19-20-15(21)24)8-17-14(23)10-3-5-12(6-4-10)22-9-11(16)7-18-22/h3-7,9H,2,8H2,1H3,(H,17,23)(H,20,24). The number of hydrogen-bond donors (Lipinski definition) is 2. The molecular formula is C15H15BrN6OS. The first-order chi connectivity index (χ1) is 11.6. The van der Waals surface area contributed by atoms with E-state index in [1.165, 1.54) is 0 Å². The van der Waals surface area contributed by atoms with E-state index in [2.05, 4.69) is 36.5 Å². The van der Waals surface area contributed by atoms with Crippen LogP contribution in [0.3, 0.4) is 0 Å². The van der Waals surface area contributed by atoms with Gasteiger partial charge >= 0.3 is 0 Å². The van der Waals surface area contributed by atoms with Crippen LogP contribution in [0.2, 0.25) is 0 Å². The van der Waals surface area contributed by atoms with Gasteiger partial charge in [-0.05, 0) is 59.3 Å². The van der Waals surface area contributed by atoms with Crippen LogP contribution >= 0.6 is 28.1 Å². The summed E-state index contributed by atoms with van der Waals surface area (Å²) in [6, 6.07) is 7.21. The molecule has 0 radical (unpaired) electrons. The fraction of sp³-hybridized carbons (Fsp3) is 0.200. The molecular weight excluding hydrogens is 392 g/mol. The van der Waals surface area contributed by atoms with Crippen LogP contribution in [0.4, 0.5) is 0 Å². The van der Waals surface area contributed by atoms with Gasteiger partial charge in [0.05, 0.1) is 22.9 Å². The van der Waals surface area contributed by atoms with Gasteiger partial charge in [0.1, 0.15) is 0 Å². The molecule has 0 fully saturated rings. The second-order valence-corrected chi connectivity index (χ2v) is 6.32. The molecule has 1 amide bonds. The summed E-state index contributed by atoms with van der Waals surface area (Å²) < 4.78 is 5.02. The fourth-order valence-electron chi connectivity index (χ4n) is 2.28. The summed E-state index contributed by atoms with van der Waals surface area (Å²) in [7, 11) is 0. The number of halogens is 1. The quantitative estimate of drug-likeness (QED) is 0.638. The minimum atomic E-state index is -0.167. The second-order valence-electron chi connectivity index (χ2n) is 5.02. The predicted octanol–water partition coefficient (Wildman–Crippen LogP) is 2.84. The number of carbonyl (C=O) groups is 1. The number of amides is 1. The maximum absolute atomic E-state index is 12.3. The van der Waals surface area contributed by atoms with E-state index in [0.717, 1.165) is 10.2 Å². The molecule has 2 heterocycles. The Morgan fingerprint density at radius 3 is 2.75 bits per heavy atom. The van der Waals surface area contributed by atoms with Crippen LogP contribution in [-0.4, -0.2) is 30.5 Å². The van der Waals surface area contributed by atoms with Gasteiger partial charge in [0.15, 0.2) is 10.6 Å². The molecule has 0 saturated carbocycles. The summed E-state index contributed by atoms with van der Waals surface area (Å²) in [4.78, 5) is 12.3. The average molecular weight is 407 g/mol. The van der Waals surface area contributed by atoms with Gasteiger partial charge in [0, 0.05) is 18.3 Å². The van der Waals surface area contributed by atoms with Crippen molar-refractivity contribution >= 4 is 34.1 Å². The number of rotatable bonds is 5. The molecule has 2 aromatic heterocycles. The molecule has 9 heteroatoms. The maximum atomic E-state index is 12.3. The Labute approximate surface area is 151 Å². The Bertz CT molecular complexity index is 911. The Kier molecular flexibility index (Phi) is 4.91. The Morgan fingerprint density at radius 2 is 2.12 bits per heavy atom. The maximum Gasteiger partial charge on any atom is 0.251 e. The molecule has 0 spiro atoms. The van der Waals surface area contributed by atoms with Crippen LogP contribution in [0.1, 0.15) is 23.1 Å². The van der Waals surface area contributed by atoms with Gasteiger partial charge in [-0.25, -0.2) is 4.68 Å². The Hall–Kier alpha value is -2.26. The van der Waals surface area contributed by atoms with E-state index >= 15 is 0 Å². The van der Waals surface area contributed by atoms with Crippen molar-refractivity contribution in [3.63, 3.8) is 0 Å². The average Bonchev–Trinajstić information content (AvgIpc) is 3.18. The highest BCUT2D eigenvalue weighted by Gasteiger charge is 2.09. The molecule has 0 bridgehead atoms. The molecule has 24 heavy (non-hydrogen) atoms. The number of H-pyrrole nitrogens is 1. The minimum Gasteiger partial charge on any atom is -0.345 e. The Balaban J connectivity index is 1.68. The summed E-state index contributed by atoms with van der Waals surface area (Å²) in [5.41, 5.74) is 1.45. The highest BCUT2D eigenvalue weighted by atomic mass is 79.9.